The summed E-state index contributed by atoms with van der Waals surface area (Å²) in [6.07, 6.45) is 2.09. The van der Waals surface area contributed by atoms with Gasteiger partial charge in [-0.25, -0.2) is 4.98 Å². The normalized spacial score (nSPS) is 19.8. The van der Waals surface area contributed by atoms with Gasteiger partial charge in [-0.3, -0.25) is 4.79 Å². The van der Waals surface area contributed by atoms with E-state index in [0.29, 0.717) is 25.4 Å². The zero-order chi connectivity index (χ0) is 12.3. The van der Waals surface area contributed by atoms with Gasteiger partial charge in [0.1, 0.15) is 0 Å². The quantitative estimate of drug-likeness (QED) is 0.823. The Morgan fingerprint density at radius 2 is 2.47 bits per heavy atom. The van der Waals surface area contributed by atoms with Crippen LogP contribution in [0.1, 0.15) is 12.0 Å². The maximum Gasteiger partial charge on any atom is 0.223 e. The molecule has 1 aliphatic heterocycles. The fraction of sp³-hybridized carbons (Fsp3) is 0.500. The van der Waals surface area contributed by atoms with E-state index < -0.39 is 0 Å². The monoisotopic (exact) mass is 236 g/mol. The second-order valence-electron chi connectivity index (χ2n) is 4.20. The molecule has 17 heavy (non-hydrogen) atoms. The lowest BCUT2D eigenvalue weighted by Crippen LogP contribution is -2.25. The lowest BCUT2D eigenvalue weighted by Gasteiger charge is -2.17. The number of aliphatic hydroxyl groups is 1. The van der Waals surface area contributed by atoms with Crippen LogP contribution < -0.4 is 4.74 Å². The number of ether oxygens (including phenoxy) is 1. The first-order valence-corrected chi connectivity index (χ1v) is 5.61. The van der Waals surface area contributed by atoms with Crippen LogP contribution in [0.25, 0.3) is 0 Å². The number of hydrogen-bond acceptors (Lipinski definition) is 4. The van der Waals surface area contributed by atoms with Crippen molar-refractivity contribution in [3.05, 3.63) is 23.9 Å². The molecule has 2 heterocycles. The van der Waals surface area contributed by atoms with Crippen molar-refractivity contribution in [2.45, 2.75) is 13.0 Å². The Bertz CT molecular complexity index is 408. The van der Waals surface area contributed by atoms with Gasteiger partial charge in [-0.1, -0.05) is 6.07 Å². The molecule has 1 amide bonds. The highest BCUT2D eigenvalue weighted by atomic mass is 16.5. The van der Waals surface area contributed by atoms with Gasteiger partial charge < -0.3 is 14.7 Å². The Kier molecular flexibility index (Phi) is 3.58. The summed E-state index contributed by atoms with van der Waals surface area (Å²) in [6, 6.07) is 3.72. The van der Waals surface area contributed by atoms with Gasteiger partial charge in [0.25, 0.3) is 0 Å². The van der Waals surface area contributed by atoms with E-state index in [9.17, 15) is 4.79 Å². The van der Waals surface area contributed by atoms with Gasteiger partial charge >= 0.3 is 0 Å². The first kappa shape index (κ1) is 11.9. The SMILES string of the molecule is COc1ncccc1CN1CC(CO)CC1=O. The summed E-state index contributed by atoms with van der Waals surface area (Å²) in [6.45, 7) is 1.16. The number of aliphatic hydroxyl groups excluding tert-OH is 1. The molecular formula is C12H16N2O3. The van der Waals surface area contributed by atoms with Crippen molar-refractivity contribution < 1.29 is 14.6 Å². The number of aromatic nitrogens is 1. The van der Waals surface area contributed by atoms with Gasteiger partial charge in [0.05, 0.1) is 13.7 Å². The van der Waals surface area contributed by atoms with Gasteiger partial charge in [-0.15, -0.1) is 0 Å². The van der Waals surface area contributed by atoms with Crippen molar-refractivity contribution in [2.75, 3.05) is 20.3 Å². The zero-order valence-electron chi connectivity index (χ0n) is 9.80. The van der Waals surface area contributed by atoms with E-state index in [4.69, 9.17) is 9.84 Å². The number of carbonyl (C=O) groups is 1. The minimum Gasteiger partial charge on any atom is -0.481 e. The molecule has 0 radical (unpaired) electrons. The van der Waals surface area contributed by atoms with Crippen molar-refractivity contribution >= 4 is 5.91 Å². The molecule has 1 aliphatic rings. The topological polar surface area (TPSA) is 62.7 Å². The summed E-state index contributed by atoms with van der Waals surface area (Å²) in [5.74, 6) is 0.688. The third-order valence-electron chi connectivity index (χ3n) is 2.96. The largest absolute Gasteiger partial charge is 0.481 e. The van der Waals surface area contributed by atoms with E-state index in [1.807, 2.05) is 12.1 Å². The standard InChI is InChI=1S/C12H16N2O3/c1-17-12-10(3-2-4-13-12)7-14-6-9(8-15)5-11(14)16/h2-4,9,15H,5-8H2,1H3. The van der Waals surface area contributed by atoms with Crippen LogP contribution in [-0.2, 0) is 11.3 Å². The zero-order valence-corrected chi connectivity index (χ0v) is 9.80. The van der Waals surface area contributed by atoms with Crippen LogP contribution in [0, 0.1) is 5.92 Å². The van der Waals surface area contributed by atoms with Crippen LogP contribution in [-0.4, -0.2) is 41.2 Å². The summed E-state index contributed by atoms with van der Waals surface area (Å²) < 4.78 is 5.15. The molecule has 1 atom stereocenters. The summed E-state index contributed by atoms with van der Waals surface area (Å²) >= 11 is 0. The predicted molar refractivity (Wildman–Crippen MR) is 61.4 cm³/mol. The number of likely N-dealkylation sites (tertiary alicyclic amines) is 1. The van der Waals surface area contributed by atoms with E-state index in [2.05, 4.69) is 4.98 Å². The number of carbonyl (C=O) groups excluding carboxylic acids is 1. The van der Waals surface area contributed by atoms with Crippen LogP contribution >= 0.6 is 0 Å². The van der Waals surface area contributed by atoms with Crippen molar-refractivity contribution in [3.63, 3.8) is 0 Å². The highest BCUT2D eigenvalue weighted by Crippen LogP contribution is 2.22. The molecule has 1 unspecified atom stereocenters. The molecule has 1 aromatic rings. The first-order chi connectivity index (χ1) is 8.24. The average molecular weight is 236 g/mol. The molecule has 1 N–H and O–H groups in total. The third kappa shape index (κ3) is 2.55. The molecule has 2 rings (SSSR count). The lowest BCUT2D eigenvalue weighted by atomic mass is 10.1. The number of hydrogen-bond donors (Lipinski definition) is 1. The van der Waals surface area contributed by atoms with E-state index in [1.165, 1.54) is 0 Å². The number of amides is 1. The smallest absolute Gasteiger partial charge is 0.223 e. The van der Waals surface area contributed by atoms with Gasteiger partial charge in [-0.2, -0.15) is 0 Å². The van der Waals surface area contributed by atoms with E-state index in [-0.39, 0.29) is 18.4 Å². The minimum atomic E-state index is 0.0603. The number of methoxy groups -OCH3 is 1. The molecule has 0 aromatic carbocycles. The molecule has 0 aliphatic carbocycles. The Labute approximate surface area is 100 Å². The van der Waals surface area contributed by atoms with Crippen molar-refractivity contribution in [3.8, 4) is 5.88 Å². The summed E-state index contributed by atoms with van der Waals surface area (Å²) in [7, 11) is 1.56. The highest BCUT2D eigenvalue weighted by Gasteiger charge is 2.29. The molecule has 0 saturated carbocycles. The Morgan fingerprint density at radius 1 is 1.65 bits per heavy atom. The van der Waals surface area contributed by atoms with E-state index in [1.54, 1.807) is 18.2 Å². The molecule has 0 bridgehead atoms. The van der Waals surface area contributed by atoms with Crippen LogP contribution in [0.3, 0.4) is 0 Å². The maximum absolute atomic E-state index is 11.7. The number of nitrogens with zero attached hydrogens (tertiary/aromatic N) is 2. The number of rotatable bonds is 4. The van der Waals surface area contributed by atoms with E-state index >= 15 is 0 Å². The number of pyridine rings is 1. The molecule has 5 heteroatoms. The summed E-state index contributed by atoms with van der Waals surface area (Å²) in [4.78, 5) is 17.5. The maximum atomic E-state index is 11.7. The van der Waals surface area contributed by atoms with Gasteiger partial charge in [0, 0.05) is 37.3 Å². The lowest BCUT2D eigenvalue weighted by molar-refractivity contribution is -0.128. The molecule has 1 saturated heterocycles. The average Bonchev–Trinajstić information content (AvgIpc) is 2.71. The second-order valence-corrected chi connectivity index (χ2v) is 4.20. The van der Waals surface area contributed by atoms with Crippen LogP contribution in [0.5, 0.6) is 5.88 Å². The Morgan fingerprint density at radius 3 is 3.12 bits per heavy atom. The van der Waals surface area contributed by atoms with Gasteiger partial charge in [0.15, 0.2) is 0 Å². The van der Waals surface area contributed by atoms with Crippen LogP contribution in [0.4, 0.5) is 0 Å². The molecule has 1 fully saturated rings. The fourth-order valence-corrected chi connectivity index (χ4v) is 2.06. The molecule has 5 nitrogen and oxygen atoms in total. The first-order valence-electron chi connectivity index (χ1n) is 5.61. The van der Waals surface area contributed by atoms with Crippen LogP contribution in [0.2, 0.25) is 0 Å². The molecule has 92 valence electrons. The Balaban J connectivity index is 2.08. The molecule has 1 aromatic heterocycles. The predicted octanol–water partition coefficient (Wildman–Crippen LogP) is 0.431. The summed E-state index contributed by atoms with van der Waals surface area (Å²) in [5, 5.41) is 9.05. The minimum absolute atomic E-state index is 0.0603. The molecular weight excluding hydrogens is 220 g/mol. The van der Waals surface area contributed by atoms with E-state index in [0.717, 1.165) is 5.56 Å². The third-order valence-corrected chi connectivity index (χ3v) is 2.96. The van der Waals surface area contributed by atoms with Crippen LogP contribution in [0.15, 0.2) is 18.3 Å². The highest BCUT2D eigenvalue weighted by molar-refractivity contribution is 5.78. The van der Waals surface area contributed by atoms with Crippen molar-refractivity contribution in [1.82, 2.24) is 9.88 Å². The van der Waals surface area contributed by atoms with Crippen molar-refractivity contribution in [2.24, 2.45) is 5.92 Å². The Hall–Kier alpha value is -1.62. The summed E-state index contributed by atoms with van der Waals surface area (Å²) in [5.41, 5.74) is 0.891. The van der Waals surface area contributed by atoms with Gasteiger partial charge in [0.2, 0.25) is 11.8 Å². The molecule has 0 spiro atoms. The van der Waals surface area contributed by atoms with Gasteiger partial charge in [-0.05, 0) is 6.07 Å². The fourth-order valence-electron chi connectivity index (χ4n) is 2.06. The second kappa shape index (κ2) is 5.14. The van der Waals surface area contributed by atoms with Crippen molar-refractivity contribution in [1.29, 1.82) is 0 Å².